The van der Waals surface area contributed by atoms with Crippen molar-refractivity contribution < 1.29 is 23.9 Å². The van der Waals surface area contributed by atoms with Gasteiger partial charge in [-0.3, -0.25) is 9.89 Å². The van der Waals surface area contributed by atoms with E-state index in [4.69, 9.17) is 37.8 Å². The Morgan fingerprint density at radius 3 is 1.72 bits per heavy atom. The monoisotopic (exact) mass is 902 g/mol. The Morgan fingerprint density at radius 2 is 1.22 bits per heavy atom. The van der Waals surface area contributed by atoms with Gasteiger partial charge in [0.15, 0.2) is 0 Å². The van der Waals surface area contributed by atoms with Crippen LogP contribution in [0.15, 0.2) is 36.4 Å². The molecule has 60 heavy (non-hydrogen) atoms. The summed E-state index contributed by atoms with van der Waals surface area (Å²) in [6, 6.07) is 12.1. The molecule has 0 radical (unpaired) electrons. The number of H-pyrrole nitrogens is 1. The number of morpholine rings is 2. The lowest BCUT2D eigenvalue weighted by Crippen LogP contribution is -2.54. The summed E-state index contributed by atoms with van der Waals surface area (Å²) in [6.07, 6.45) is 3.32. The Balaban J connectivity index is 0.000000185. The minimum atomic E-state index is -0.553. The van der Waals surface area contributed by atoms with Crippen LogP contribution in [0.25, 0.3) is 0 Å². The number of ether oxygens (including phenoxy) is 2. The summed E-state index contributed by atoms with van der Waals surface area (Å²) >= 11 is 15.3. The van der Waals surface area contributed by atoms with Crippen LogP contribution in [0.5, 0.6) is 0 Å². The molecule has 0 bridgehead atoms. The molecule has 0 spiro atoms. The Hall–Kier alpha value is -3.55. The molecular formula is C41H56Cl2N10O5S2. The van der Waals surface area contributed by atoms with E-state index < -0.39 is 5.41 Å². The van der Waals surface area contributed by atoms with Crippen LogP contribution < -0.4 is 10.6 Å². The highest BCUT2D eigenvalue weighted by atomic mass is 35.5. The summed E-state index contributed by atoms with van der Waals surface area (Å²) < 4.78 is 13.9. The summed E-state index contributed by atoms with van der Waals surface area (Å²) in [6.45, 7) is 14.7. The van der Waals surface area contributed by atoms with Crippen molar-refractivity contribution in [3.05, 3.63) is 77.6 Å². The van der Waals surface area contributed by atoms with Gasteiger partial charge in [0.2, 0.25) is 0 Å². The fourth-order valence-corrected chi connectivity index (χ4v) is 9.78. The Bertz CT molecular complexity index is 2050. The fourth-order valence-electron chi connectivity index (χ4n) is 7.60. The van der Waals surface area contributed by atoms with Crippen molar-refractivity contribution in [3.8, 4) is 0 Å². The first-order valence-electron chi connectivity index (χ1n) is 20.8. The second-order valence-electron chi connectivity index (χ2n) is 16.4. The number of aromatic amines is 1. The van der Waals surface area contributed by atoms with Crippen molar-refractivity contribution in [2.24, 2.45) is 5.41 Å². The average Bonchev–Trinajstić information content (AvgIpc) is 4.10. The summed E-state index contributed by atoms with van der Waals surface area (Å²) in [4.78, 5) is 48.9. The molecule has 4 aliphatic rings. The molecule has 4 amide bonds. The number of thiophene rings is 2. The van der Waals surface area contributed by atoms with Gasteiger partial charge >= 0.3 is 12.1 Å². The van der Waals surface area contributed by atoms with Crippen LogP contribution in [-0.2, 0) is 35.2 Å². The van der Waals surface area contributed by atoms with Gasteiger partial charge in [0.25, 0.3) is 5.91 Å². The molecule has 4 aromatic rings. The number of carbonyl (C=O) groups is 3. The molecule has 2 unspecified atom stereocenters. The lowest BCUT2D eigenvalue weighted by molar-refractivity contribution is 0.0406. The number of aromatic nitrogens is 4. The molecule has 0 aromatic carbocycles. The van der Waals surface area contributed by atoms with Gasteiger partial charge in [0.05, 0.1) is 58.6 Å². The van der Waals surface area contributed by atoms with Crippen molar-refractivity contribution in [2.75, 3.05) is 91.9 Å². The first-order valence-corrected chi connectivity index (χ1v) is 23.2. The van der Waals surface area contributed by atoms with Gasteiger partial charge in [0.1, 0.15) is 0 Å². The van der Waals surface area contributed by atoms with E-state index in [1.165, 1.54) is 9.75 Å². The predicted molar refractivity (Wildman–Crippen MR) is 235 cm³/mol. The van der Waals surface area contributed by atoms with Gasteiger partial charge in [-0.05, 0) is 62.1 Å². The van der Waals surface area contributed by atoms with Crippen molar-refractivity contribution >= 4 is 63.8 Å². The maximum atomic E-state index is 13.2. The van der Waals surface area contributed by atoms with E-state index in [1.54, 1.807) is 27.4 Å². The van der Waals surface area contributed by atoms with Crippen molar-refractivity contribution in [1.29, 1.82) is 0 Å². The molecule has 4 aromatic heterocycles. The van der Waals surface area contributed by atoms with E-state index in [1.807, 2.05) is 64.6 Å². The lowest BCUT2D eigenvalue weighted by atomic mass is 9.95. The van der Waals surface area contributed by atoms with E-state index >= 15 is 0 Å². The molecule has 0 saturated carbocycles. The van der Waals surface area contributed by atoms with Crippen molar-refractivity contribution in [3.63, 3.8) is 0 Å². The molecule has 4 saturated heterocycles. The Kier molecular flexibility index (Phi) is 15.2. The molecule has 3 N–H and O–H groups in total. The molecular weight excluding hydrogens is 848 g/mol. The average molecular weight is 904 g/mol. The summed E-state index contributed by atoms with van der Waals surface area (Å²) in [5, 5.41) is 19.3. The third-order valence-corrected chi connectivity index (χ3v) is 13.6. The van der Waals surface area contributed by atoms with Crippen LogP contribution in [0, 0.1) is 5.41 Å². The highest BCUT2D eigenvalue weighted by Gasteiger charge is 2.33. The molecule has 0 aliphatic carbocycles. The summed E-state index contributed by atoms with van der Waals surface area (Å²) in [5.41, 5.74) is 3.20. The number of piperazine rings is 2. The predicted octanol–water partition coefficient (Wildman–Crippen LogP) is 5.78. The van der Waals surface area contributed by atoms with Gasteiger partial charge in [-0.2, -0.15) is 10.2 Å². The first-order chi connectivity index (χ1) is 28.9. The maximum absolute atomic E-state index is 13.2. The third-order valence-electron chi connectivity index (χ3n) is 11.0. The van der Waals surface area contributed by atoms with E-state index in [2.05, 4.69) is 33.0 Å². The normalized spacial score (nSPS) is 20.2. The van der Waals surface area contributed by atoms with Gasteiger partial charge in [-0.25, -0.2) is 14.3 Å². The Morgan fingerprint density at radius 1 is 0.700 bits per heavy atom. The van der Waals surface area contributed by atoms with Crippen LogP contribution in [0.2, 0.25) is 8.67 Å². The smallest absolute Gasteiger partial charge is 0.320 e. The molecule has 2 atom stereocenters. The molecule has 4 fully saturated rings. The van der Waals surface area contributed by atoms with E-state index in [9.17, 15) is 14.4 Å². The zero-order valence-electron chi connectivity index (χ0n) is 34.6. The second kappa shape index (κ2) is 20.5. The quantitative estimate of drug-likeness (QED) is 0.200. The van der Waals surface area contributed by atoms with Gasteiger partial charge < -0.3 is 39.7 Å². The minimum Gasteiger partial charge on any atom is -0.378 e. The first kappa shape index (κ1) is 44.5. The van der Waals surface area contributed by atoms with E-state index in [0.717, 1.165) is 63.8 Å². The topological polar surface area (TPSA) is 153 Å². The summed E-state index contributed by atoms with van der Waals surface area (Å²) in [5.74, 6) is -0.0370. The minimum absolute atomic E-state index is 0.0370. The van der Waals surface area contributed by atoms with Gasteiger partial charge in [-0.1, -0.05) is 44.0 Å². The summed E-state index contributed by atoms with van der Waals surface area (Å²) in [7, 11) is 0. The number of halogens is 2. The molecule has 15 nitrogen and oxygen atoms in total. The highest BCUT2D eigenvalue weighted by Crippen LogP contribution is 2.27. The Labute approximate surface area is 369 Å². The molecule has 4 aliphatic heterocycles. The zero-order chi connectivity index (χ0) is 42.2. The number of hydrogen-bond acceptors (Lipinski definition) is 11. The van der Waals surface area contributed by atoms with Crippen LogP contribution in [0.4, 0.5) is 9.59 Å². The van der Waals surface area contributed by atoms with Crippen LogP contribution in [0.3, 0.4) is 0 Å². The van der Waals surface area contributed by atoms with Crippen molar-refractivity contribution in [2.45, 2.75) is 58.5 Å². The second-order valence-corrected chi connectivity index (χ2v) is 20.0. The number of hydrogen-bond donors (Lipinski definition) is 3. The maximum Gasteiger partial charge on any atom is 0.320 e. The number of aryl methyl sites for hydroxylation is 4. The largest absolute Gasteiger partial charge is 0.378 e. The molecule has 8 heterocycles. The standard InChI is InChI=1S/C23H32ClN5O3S.C18H24ClN5O2S/c1-23(2,3)21(30)29-16(4-5-17-6-7-20(24)33-17)14-18(26-29)19-15-28(9-8-25-19)22(31)27-10-12-32-13-11-27;19-17-4-3-14(27-17)2-1-13-11-15(22-21-13)16-12-24(6-5-20-16)18(25)23-7-9-26-10-8-23/h6-7,14,19,25H,4-5,8-13,15H2,1-3H3;3-4,11,16,20H,1-2,5-10,12H2,(H,21,22). The van der Waals surface area contributed by atoms with E-state index in [-0.39, 0.29) is 30.1 Å². The molecule has 326 valence electrons. The SMILES string of the molecule is CC(C)(C)C(=O)n1nc(C2CN(C(=O)N3CCOCC3)CCN2)cc1CCc1ccc(Cl)s1.O=C(N1CCOCC1)N1CCNC(c2cc(CCc3ccc(Cl)s3)[nH]n2)C1. The van der Waals surface area contributed by atoms with Crippen LogP contribution >= 0.6 is 45.9 Å². The molecule has 19 heteroatoms. The van der Waals surface area contributed by atoms with Gasteiger partial charge in [0, 0.05) is 92.0 Å². The number of nitrogens with zero attached hydrogens (tertiary/aromatic N) is 7. The number of carbonyl (C=O) groups excluding carboxylic acids is 3. The number of rotatable bonds is 8. The number of nitrogens with one attached hydrogen (secondary N) is 3. The third kappa shape index (κ3) is 11.7. The zero-order valence-corrected chi connectivity index (χ0v) is 37.7. The van der Waals surface area contributed by atoms with Crippen molar-refractivity contribution in [1.82, 2.24) is 50.2 Å². The van der Waals surface area contributed by atoms with Crippen LogP contribution in [-0.4, -0.2) is 149 Å². The number of amides is 4. The van der Waals surface area contributed by atoms with Gasteiger partial charge in [-0.15, -0.1) is 22.7 Å². The van der Waals surface area contributed by atoms with Crippen LogP contribution in [0.1, 0.15) is 70.2 Å². The highest BCUT2D eigenvalue weighted by molar-refractivity contribution is 7.16. The van der Waals surface area contributed by atoms with E-state index in [0.29, 0.717) is 85.2 Å². The fraction of sp³-hybridized carbons (Fsp3) is 0.585. The molecule has 8 rings (SSSR count). The number of urea groups is 2. The lowest BCUT2D eigenvalue weighted by Gasteiger charge is -2.37.